The molecule has 0 amide bonds. The lowest BCUT2D eigenvalue weighted by Crippen LogP contribution is -2.34. The van der Waals surface area contributed by atoms with Crippen molar-refractivity contribution >= 4 is 0 Å². The third kappa shape index (κ3) is 6.06. The predicted octanol–water partition coefficient (Wildman–Crippen LogP) is 3.69. The average molecular weight is 277 g/mol. The van der Waals surface area contributed by atoms with Crippen LogP contribution in [0.2, 0.25) is 0 Å². The molecule has 1 unspecified atom stereocenters. The summed E-state index contributed by atoms with van der Waals surface area (Å²) in [7, 11) is 1.75. The van der Waals surface area contributed by atoms with Crippen LogP contribution in [0.4, 0.5) is 0 Å². The van der Waals surface area contributed by atoms with Gasteiger partial charge in [-0.05, 0) is 41.8 Å². The van der Waals surface area contributed by atoms with Gasteiger partial charge in [0.1, 0.15) is 0 Å². The van der Waals surface area contributed by atoms with E-state index in [4.69, 9.17) is 4.74 Å². The van der Waals surface area contributed by atoms with Crippen LogP contribution in [0, 0.1) is 11.3 Å². The molecule has 1 N–H and O–H groups in total. The van der Waals surface area contributed by atoms with Crippen LogP contribution in [-0.4, -0.2) is 26.8 Å². The zero-order valence-electron chi connectivity index (χ0n) is 13.8. The highest BCUT2D eigenvalue weighted by molar-refractivity contribution is 5.23. The average Bonchev–Trinajstić information content (AvgIpc) is 2.42. The number of hydrogen-bond donors (Lipinski definition) is 1. The van der Waals surface area contributed by atoms with Gasteiger partial charge >= 0.3 is 0 Å². The van der Waals surface area contributed by atoms with E-state index in [1.165, 1.54) is 11.1 Å². The normalized spacial score (nSPS) is 13.4. The zero-order chi connectivity index (χ0) is 15.0. The van der Waals surface area contributed by atoms with Crippen molar-refractivity contribution in [3.63, 3.8) is 0 Å². The monoisotopic (exact) mass is 277 g/mol. The molecular weight excluding hydrogens is 246 g/mol. The molecule has 0 aliphatic rings. The van der Waals surface area contributed by atoms with E-state index in [2.05, 4.69) is 57.3 Å². The Morgan fingerprint density at radius 3 is 2.20 bits per heavy atom. The highest BCUT2D eigenvalue weighted by Gasteiger charge is 2.24. The van der Waals surface area contributed by atoms with Gasteiger partial charge in [-0.25, -0.2) is 0 Å². The van der Waals surface area contributed by atoms with Crippen molar-refractivity contribution in [2.45, 2.75) is 40.5 Å². The number of nitrogens with one attached hydrogen (secondary N) is 1. The molecule has 0 heterocycles. The lowest BCUT2D eigenvalue weighted by atomic mass is 9.77. The van der Waals surface area contributed by atoms with Crippen LogP contribution < -0.4 is 5.32 Å². The minimum Gasteiger partial charge on any atom is -0.383 e. The Hall–Kier alpha value is -0.860. The van der Waals surface area contributed by atoms with E-state index < -0.39 is 0 Å². The van der Waals surface area contributed by atoms with Crippen molar-refractivity contribution in [3.05, 3.63) is 35.4 Å². The molecule has 0 fully saturated rings. The Labute approximate surface area is 124 Å². The van der Waals surface area contributed by atoms with E-state index in [-0.39, 0.29) is 0 Å². The fraction of sp³-hybridized carbons (Fsp3) is 0.667. The van der Waals surface area contributed by atoms with Gasteiger partial charge in [-0.3, -0.25) is 0 Å². The molecule has 0 aromatic heterocycles. The summed E-state index contributed by atoms with van der Waals surface area (Å²) < 4.78 is 5.09. The van der Waals surface area contributed by atoms with Crippen LogP contribution in [0.1, 0.15) is 38.8 Å². The quantitative estimate of drug-likeness (QED) is 0.732. The summed E-state index contributed by atoms with van der Waals surface area (Å²) in [6.07, 6.45) is 2.25. The van der Waals surface area contributed by atoms with E-state index in [1.54, 1.807) is 7.11 Å². The van der Waals surface area contributed by atoms with Gasteiger partial charge in [-0.2, -0.15) is 0 Å². The van der Waals surface area contributed by atoms with Crippen molar-refractivity contribution in [2.75, 3.05) is 26.8 Å². The van der Waals surface area contributed by atoms with Gasteiger partial charge in [0.25, 0.3) is 0 Å². The van der Waals surface area contributed by atoms with Gasteiger partial charge in [0.2, 0.25) is 0 Å². The number of ether oxygens (including phenoxy) is 1. The summed E-state index contributed by atoms with van der Waals surface area (Å²) in [6, 6.07) is 9.08. The maximum Gasteiger partial charge on any atom is 0.0587 e. The van der Waals surface area contributed by atoms with Gasteiger partial charge in [-0.15, -0.1) is 0 Å². The van der Waals surface area contributed by atoms with Gasteiger partial charge in [0, 0.05) is 13.7 Å². The third-order valence-electron chi connectivity index (χ3n) is 4.01. The van der Waals surface area contributed by atoms with Crippen LogP contribution >= 0.6 is 0 Å². The van der Waals surface area contributed by atoms with Crippen molar-refractivity contribution in [3.8, 4) is 0 Å². The fourth-order valence-electron chi connectivity index (χ4n) is 2.33. The van der Waals surface area contributed by atoms with Gasteiger partial charge in [0.15, 0.2) is 0 Å². The molecule has 0 aliphatic heterocycles. The molecule has 2 heteroatoms. The number of hydrogen-bond acceptors (Lipinski definition) is 2. The highest BCUT2D eigenvalue weighted by Crippen LogP contribution is 2.28. The van der Waals surface area contributed by atoms with Crippen LogP contribution in [0.15, 0.2) is 24.3 Å². The Morgan fingerprint density at radius 1 is 1.10 bits per heavy atom. The van der Waals surface area contributed by atoms with Crippen molar-refractivity contribution in [1.82, 2.24) is 5.32 Å². The molecule has 114 valence electrons. The standard InChI is InChI=1S/C18H31NO/c1-6-15-7-9-16(10-8-15)13-17(18(2,3)4)14-19-11-12-20-5/h7-10,17,19H,6,11-14H2,1-5H3. The molecule has 0 bridgehead atoms. The Kier molecular flexibility index (Phi) is 7.25. The second kappa shape index (κ2) is 8.43. The summed E-state index contributed by atoms with van der Waals surface area (Å²) in [5, 5.41) is 3.51. The summed E-state index contributed by atoms with van der Waals surface area (Å²) in [4.78, 5) is 0. The van der Waals surface area contributed by atoms with Gasteiger partial charge < -0.3 is 10.1 Å². The van der Waals surface area contributed by atoms with Crippen molar-refractivity contribution in [1.29, 1.82) is 0 Å². The Balaban J connectivity index is 2.59. The van der Waals surface area contributed by atoms with E-state index in [9.17, 15) is 0 Å². The first-order valence-electron chi connectivity index (χ1n) is 7.74. The third-order valence-corrected chi connectivity index (χ3v) is 4.01. The Morgan fingerprint density at radius 2 is 1.70 bits per heavy atom. The van der Waals surface area contributed by atoms with E-state index >= 15 is 0 Å². The molecule has 2 nitrogen and oxygen atoms in total. The van der Waals surface area contributed by atoms with E-state index in [0.717, 1.165) is 32.5 Å². The van der Waals surface area contributed by atoms with E-state index in [1.807, 2.05) is 0 Å². The van der Waals surface area contributed by atoms with Gasteiger partial charge in [-0.1, -0.05) is 52.0 Å². The second-order valence-corrected chi connectivity index (χ2v) is 6.63. The summed E-state index contributed by atoms with van der Waals surface area (Å²) in [6.45, 7) is 11.9. The topological polar surface area (TPSA) is 21.3 Å². The molecule has 1 atom stereocenters. The molecule has 1 rings (SSSR count). The second-order valence-electron chi connectivity index (χ2n) is 6.63. The molecule has 0 spiro atoms. The molecule has 1 aromatic rings. The first-order valence-corrected chi connectivity index (χ1v) is 7.74. The lowest BCUT2D eigenvalue weighted by Gasteiger charge is -2.31. The lowest BCUT2D eigenvalue weighted by molar-refractivity contribution is 0.186. The molecule has 1 aromatic carbocycles. The molecule has 0 saturated heterocycles. The predicted molar refractivity (Wildman–Crippen MR) is 87.2 cm³/mol. The molecule has 20 heavy (non-hydrogen) atoms. The molecule has 0 radical (unpaired) electrons. The van der Waals surface area contributed by atoms with Gasteiger partial charge in [0.05, 0.1) is 6.61 Å². The minimum absolute atomic E-state index is 0.309. The molecule has 0 saturated carbocycles. The zero-order valence-corrected chi connectivity index (χ0v) is 13.8. The van der Waals surface area contributed by atoms with Crippen LogP contribution in [0.3, 0.4) is 0 Å². The minimum atomic E-state index is 0.309. The molecule has 0 aliphatic carbocycles. The van der Waals surface area contributed by atoms with Crippen LogP contribution in [0.25, 0.3) is 0 Å². The summed E-state index contributed by atoms with van der Waals surface area (Å²) in [5.74, 6) is 0.631. The summed E-state index contributed by atoms with van der Waals surface area (Å²) >= 11 is 0. The molecular formula is C18H31NO. The van der Waals surface area contributed by atoms with Crippen LogP contribution in [-0.2, 0) is 17.6 Å². The van der Waals surface area contributed by atoms with Crippen molar-refractivity contribution < 1.29 is 4.74 Å². The van der Waals surface area contributed by atoms with Crippen LogP contribution in [0.5, 0.6) is 0 Å². The SMILES string of the molecule is CCc1ccc(CC(CNCCOC)C(C)(C)C)cc1. The number of methoxy groups -OCH3 is 1. The van der Waals surface area contributed by atoms with E-state index in [0.29, 0.717) is 11.3 Å². The largest absolute Gasteiger partial charge is 0.383 e. The number of aryl methyl sites for hydroxylation is 1. The number of benzene rings is 1. The maximum atomic E-state index is 5.09. The smallest absolute Gasteiger partial charge is 0.0587 e. The summed E-state index contributed by atoms with van der Waals surface area (Å²) in [5.41, 5.74) is 3.17. The highest BCUT2D eigenvalue weighted by atomic mass is 16.5. The van der Waals surface area contributed by atoms with Crippen molar-refractivity contribution in [2.24, 2.45) is 11.3 Å². The first kappa shape index (κ1) is 17.2. The Bertz CT molecular complexity index is 364. The number of rotatable bonds is 8. The maximum absolute atomic E-state index is 5.09. The first-order chi connectivity index (χ1) is 9.47. The fourth-order valence-corrected chi connectivity index (χ4v) is 2.33.